The van der Waals surface area contributed by atoms with E-state index in [9.17, 15) is 0 Å². The molecular formula is C25H19Br5O3. The molecule has 0 saturated carbocycles. The van der Waals surface area contributed by atoms with Crippen molar-refractivity contribution in [2.75, 3.05) is 21.3 Å². The third-order valence-corrected chi connectivity index (χ3v) is 10.9. The van der Waals surface area contributed by atoms with Crippen molar-refractivity contribution in [3.8, 4) is 17.2 Å². The number of hydrogen-bond acceptors (Lipinski definition) is 3. The molecule has 8 heteroatoms. The molecule has 3 nitrogen and oxygen atoms in total. The summed E-state index contributed by atoms with van der Waals surface area (Å²) in [5.41, 5.74) is 4.16. The lowest BCUT2D eigenvalue weighted by molar-refractivity contribution is 0.324. The zero-order chi connectivity index (χ0) is 24.1. The molecule has 0 amide bonds. The first kappa shape index (κ1) is 26.5. The molecule has 0 N–H and O–H groups in total. The fourth-order valence-corrected chi connectivity index (χ4v) is 6.40. The molecule has 0 fully saturated rings. The van der Waals surface area contributed by atoms with Gasteiger partial charge in [0.2, 0.25) is 5.75 Å². The van der Waals surface area contributed by atoms with Crippen LogP contribution >= 0.6 is 79.6 Å². The fraction of sp³-hybridized carbons (Fsp3) is 0.120. The molecule has 172 valence electrons. The van der Waals surface area contributed by atoms with Crippen LogP contribution in [0.15, 0.2) is 58.8 Å². The van der Waals surface area contributed by atoms with E-state index in [0.717, 1.165) is 44.6 Å². The van der Waals surface area contributed by atoms with E-state index in [1.165, 1.54) is 0 Å². The second-order valence-electron chi connectivity index (χ2n) is 6.78. The maximum absolute atomic E-state index is 5.43. The van der Waals surface area contributed by atoms with Crippen LogP contribution < -0.4 is 14.2 Å². The van der Waals surface area contributed by atoms with Crippen LogP contribution in [0.5, 0.6) is 17.2 Å². The molecular weight excluding hydrogens is 748 g/mol. The van der Waals surface area contributed by atoms with E-state index in [1.807, 2.05) is 24.3 Å². The number of benzene rings is 3. The highest BCUT2D eigenvalue weighted by Gasteiger charge is 2.16. The Morgan fingerprint density at radius 2 is 0.909 bits per heavy atom. The zero-order valence-electron chi connectivity index (χ0n) is 17.9. The molecule has 0 aliphatic carbocycles. The van der Waals surface area contributed by atoms with Crippen LogP contribution in [0.3, 0.4) is 0 Å². The smallest absolute Gasteiger partial charge is 0.203 e. The van der Waals surface area contributed by atoms with Crippen LogP contribution in [0.25, 0.3) is 24.3 Å². The summed E-state index contributed by atoms with van der Waals surface area (Å²) in [5.74, 6) is 1.83. The number of rotatable bonds is 7. The number of halogens is 5. The molecule has 0 radical (unpaired) electrons. The minimum atomic E-state index is 0.580. The Kier molecular flexibility index (Phi) is 9.71. The van der Waals surface area contributed by atoms with Crippen molar-refractivity contribution in [2.45, 2.75) is 0 Å². The molecule has 0 aliphatic heterocycles. The van der Waals surface area contributed by atoms with Gasteiger partial charge in [-0.05, 0) is 108 Å². The number of hydrogen-bond donors (Lipinski definition) is 0. The van der Waals surface area contributed by atoms with Crippen molar-refractivity contribution < 1.29 is 14.2 Å². The SMILES string of the molecule is COc1cc(/C=C/c2ccc(/C=C/c3c(Br)c(Br)c(Br)c(Br)c3Br)cc2)cc(OC)c1OC. The van der Waals surface area contributed by atoms with Gasteiger partial charge in [-0.2, -0.15) is 0 Å². The lowest BCUT2D eigenvalue weighted by atomic mass is 10.1. The van der Waals surface area contributed by atoms with Gasteiger partial charge in [0.25, 0.3) is 0 Å². The van der Waals surface area contributed by atoms with Crippen LogP contribution in [0.4, 0.5) is 0 Å². The molecule has 3 aromatic rings. The van der Waals surface area contributed by atoms with Crippen molar-refractivity contribution in [1.82, 2.24) is 0 Å². The molecule has 3 aromatic carbocycles. The lowest BCUT2D eigenvalue weighted by Crippen LogP contribution is -1.95. The monoisotopic (exact) mass is 762 g/mol. The quantitative estimate of drug-likeness (QED) is 0.136. The Balaban J connectivity index is 1.82. The Morgan fingerprint density at radius 3 is 1.33 bits per heavy atom. The van der Waals surface area contributed by atoms with Gasteiger partial charge in [-0.1, -0.05) is 48.6 Å². The van der Waals surface area contributed by atoms with Crippen molar-refractivity contribution in [2.24, 2.45) is 0 Å². The van der Waals surface area contributed by atoms with Gasteiger partial charge in [0.1, 0.15) is 0 Å². The van der Waals surface area contributed by atoms with Crippen molar-refractivity contribution in [3.63, 3.8) is 0 Å². The molecule has 0 atom stereocenters. The predicted octanol–water partition coefficient (Wildman–Crippen LogP) is 9.87. The summed E-state index contributed by atoms with van der Waals surface area (Å²) in [7, 11) is 4.82. The second-order valence-corrected chi connectivity index (χ2v) is 10.7. The Bertz CT molecular complexity index is 1160. The average Bonchev–Trinajstić information content (AvgIpc) is 2.84. The molecule has 0 bridgehead atoms. The maximum Gasteiger partial charge on any atom is 0.203 e. The summed E-state index contributed by atoms with van der Waals surface area (Å²) in [6.07, 6.45) is 8.20. The van der Waals surface area contributed by atoms with Crippen LogP contribution in [-0.2, 0) is 0 Å². The van der Waals surface area contributed by atoms with Gasteiger partial charge in [-0.15, -0.1) is 0 Å². The highest BCUT2D eigenvalue weighted by Crippen LogP contribution is 2.45. The molecule has 33 heavy (non-hydrogen) atoms. The molecule has 0 heterocycles. The summed E-state index contributed by atoms with van der Waals surface area (Å²) in [6, 6.07) is 12.1. The summed E-state index contributed by atoms with van der Waals surface area (Å²) in [4.78, 5) is 0. The Hall–Kier alpha value is -1.06. The van der Waals surface area contributed by atoms with Crippen LogP contribution in [0.1, 0.15) is 22.3 Å². The summed E-state index contributed by atoms with van der Waals surface area (Å²) in [6.45, 7) is 0. The zero-order valence-corrected chi connectivity index (χ0v) is 25.8. The van der Waals surface area contributed by atoms with Gasteiger partial charge < -0.3 is 14.2 Å². The summed E-state index contributed by atoms with van der Waals surface area (Å²) in [5, 5.41) is 0. The van der Waals surface area contributed by atoms with Gasteiger partial charge in [0, 0.05) is 27.9 Å². The number of methoxy groups -OCH3 is 3. The van der Waals surface area contributed by atoms with E-state index >= 15 is 0 Å². The average molecular weight is 767 g/mol. The van der Waals surface area contributed by atoms with Crippen molar-refractivity contribution in [3.05, 3.63) is 81.0 Å². The van der Waals surface area contributed by atoms with Gasteiger partial charge in [-0.25, -0.2) is 0 Å². The van der Waals surface area contributed by atoms with E-state index in [1.54, 1.807) is 21.3 Å². The molecule has 0 aliphatic rings. The van der Waals surface area contributed by atoms with E-state index in [2.05, 4.69) is 116 Å². The van der Waals surface area contributed by atoms with Crippen molar-refractivity contribution >= 4 is 104 Å². The van der Waals surface area contributed by atoms with E-state index in [0.29, 0.717) is 17.2 Å². The summed E-state index contributed by atoms with van der Waals surface area (Å²) < 4.78 is 21.0. The Labute approximate surface area is 235 Å². The predicted molar refractivity (Wildman–Crippen MR) is 155 cm³/mol. The van der Waals surface area contributed by atoms with Gasteiger partial charge in [0.05, 0.1) is 21.3 Å². The van der Waals surface area contributed by atoms with Crippen LogP contribution in [-0.4, -0.2) is 21.3 Å². The molecule has 0 aromatic heterocycles. The molecule has 3 rings (SSSR count). The third-order valence-electron chi connectivity index (χ3n) is 4.78. The largest absolute Gasteiger partial charge is 0.493 e. The van der Waals surface area contributed by atoms with Crippen LogP contribution in [0.2, 0.25) is 0 Å². The van der Waals surface area contributed by atoms with E-state index in [-0.39, 0.29) is 0 Å². The maximum atomic E-state index is 5.43. The topological polar surface area (TPSA) is 27.7 Å². The summed E-state index contributed by atoms with van der Waals surface area (Å²) >= 11 is 18.1. The first-order valence-corrected chi connectivity index (χ1v) is 13.5. The number of ether oxygens (including phenoxy) is 3. The third kappa shape index (κ3) is 6.14. The first-order chi connectivity index (χ1) is 15.8. The highest BCUT2D eigenvalue weighted by atomic mass is 79.9. The molecule has 0 saturated heterocycles. The Morgan fingerprint density at radius 1 is 0.515 bits per heavy atom. The van der Waals surface area contributed by atoms with E-state index < -0.39 is 0 Å². The highest BCUT2D eigenvalue weighted by molar-refractivity contribution is 9.15. The van der Waals surface area contributed by atoms with Gasteiger partial charge >= 0.3 is 0 Å². The first-order valence-electron chi connectivity index (χ1n) is 9.58. The van der Waals surface area contributed by atoms with Gasteiger partial charge in [0.15, 0.2) is 11.5 Å². The minimum absolute atomic E-state index is 0.580. The normalized spacial score (nSPS) is 11.4. The molecule has 0 unspecified atom stereocenters. The minimum Gasteiger partial charge on any atom is -0.493 e. The standard InChI is InChI=1S/C25H19Br5O3/c1-31-18-12-16(13-19(32-2)25(18)33-3)9-8-14-4-6-15(7-5-14)10-11-17-20(26)22(28)24(30)23(29)21(17)27/h4-13H,1-3H3/b9-8+,11-10+. The molecule has 0 spiro atoms. The second kappa shape index (κ2) is 12.1. The van der Waals surface area contributed by atoms with Gasteiger partial charge in [-0.3, -0.25) is 0 Å². The lowest BCUT2D eigenvalue weighted by Gasteiger charge is -2.12. The van der Waals surface area contributed by atoms with E-state index in [4.69, 9.17) is 14.2 Å². The fourth-order valence-electron chi connectivity index (χ4n) is 3.06. The van der Waals surface area contributed by atoms with Crippen molar-refractivity contribution in [1.29, 1.82) is 0 Å². The van der Waals surface area contributed by atoms with Crippen LogP contribution in [0, 0.1) is 0 Å².